The van der Waals surface area contributed by atoms with Gasteiger partial charge in [-0.05, 0) is 12.0 Å². The predicted molar refractivity (Wildman–Crippen MR) is 78.1 cm³/mol. The summed E-state index contributed by atoms with van der Waals surface area (Å²) in [6.45, 7) is 4.16. The minimum atomic E-state index is -1.59. The number of nitrogens with zero attached hydrogens (tertiary/aromatic N) is 4. The molecule has 2 aliphatic rings. The summed E-state index contributed by atoms with van der Waals surface area (Å²) in [4.78, 5) is 13.3. The molecule has 22 heavy (non-hydrogen) atoms. The summed E-state index contributed by atoms with van der Waals surface area (Å²) in [5, 5.41) is 36.8. The number of rotatable bonds is 1. The highest BCUT2D eigenvalue weighted by Crippen LogP contribution is 2.49. The van der Waals surface area contributed by atoms with Crippen LogP contribution < -0.4 is 0 Å². The molecule has 6 nitrogen and oxygen atoms in total. The van der Waals surface area contributed by atoms with Gasteiger partial charge in [0.25, 0.3) is 0 Å². The lowest BCUT2D eigenvalue weighted by atomic mass is 9.55. The number of fused-ring (bicyclic) bond motifs is 1. The van der Waals surface area contributed by atoms with Gasteiger partial charge in [0.2, 0.25) is 5.91 Å². The summed E-state index contributed by atoms with van der Waals surface area (Å²) >= 11 is 0. The van der Waals surface area contributed by atoms with Crippen LogP contribution in [0.3, 0.4) is 0 Å². The number of nitrogens with one attached hydrogen (secondary N) is 1. The maximum Gasteiger partial charge on any atom is 0.219 e. The van der Waals surface area contributed by atoms with Crippen LogP contribution in [0.15, 0.2) is 11.6 Å². The molecule has 0 unspecified atom stereocenters. The maximum atomic E-state index is 11.6. The van der Waals surface area contributed by atoms with E-state index in [1.807, 2.05) is 25.1 Å². The van der Waals surface area contributed by atoms with Gasteiger partial charge in [-0.15, -0.1) is 0 Å². The smallest absolute Gasteiger partial charge is 0.219 e. The molecule has 1 fully saturated rings. The van der Waals surface area contributed by atoms with Gasteiger partial charge in [-0.25, -0.2) is 0 Å². The molecule has 0 aromatic heterocycles. The molecule has 1 heterocycles. The van der Waals surface area contributed by atoms with Gasteiger partial charge < -0.3 is 10.3 Å². The summed E-state index contributed by atoms with van der Waals surface area (Å²) in [5.41, 5.74) is -0.916. The van der Waals surface area contributed by atoms with E-state index in [4.69, 9.17) is 5.41 Å². The molecule has 6 heteroatoms. The second kappa shape index (κ2) is 5.62. The van der Waals surface area contributed by atoms with E-state index in [1.54, 1.807) is 4.90 Å². The zero-order valence-electron chi connectivity index (χ0n) is 12.6. The summed E-state index contributed by atoms with van der Waals surface area (Å²) in [6.07, 6.45) is 2.36. The lowest BCUT2D eigenvalue weighted by Crippen LogP contribution is -2.54. The van der Waals surface area contributed by atoms with Crippen LogP contribution in [0.5, 0.6) is 0 Å². The molecule has 1 aliphatic heterocycles. The Hall–Kier alpha value is -2.65. The standard InChI is InChI=1S/C16H17N5O/c1-3-14-13-7-21(10(2)22)5-4-11(13)12(6-17)15(20)16(14,8-18)9-19/h4,12-14,20H,3,5,7H2,1-2H3/t12-,13+,14-/m1/s1. The summed E-state index contributed by atoms with van der Waals surface area (Å²) in [5.74, 6) is -1.52. The second-order valence-corrected chi connectivity index (χ2v) is 5.76. The largest absolute Gasteiger partial charge is 0.339 e. The predicted octanol–water partition coefficient (Wildman–Crippen LogP) is 1.62. The number of hydrogen-bond donors (Lipinski definition) is 1. The Balaban J connectivity index is 2.60. The molecule has 0 saturated heterocycles. The van der Waals surface area contributed by atoms with E-state index in [0.717, 1.165) is 5.57 Å². The minimum absolute atomic E-state index is 0.0705. The van der Waals surface area contributed by atoms with E-state index in [9.17, 15) is 20.6 Å². The fraction of sp³-hybridized carbons (Fsp3) is 0.562. The first-order valence-electron chi connectivity index (χ1n) is 7.23. The molecule has 2 rings (SSSR count). The molecular weight excluding hydrogens is 278 g/mol. The van der Waals surface area contributed by atoms with Crippen LogP contribution in [0.1, 0.15) is 20.3 Å². The zero-order chi connectivity index (χ0) is 16.5. The van der Waals surface area contributed by atoms with E-state index in [-0.39, 0.29) is 23.5 Å². The van der Waals surface area contributed by atoms with Crippen molar-refractivity contribution in [3.05, 3.63) is 11.6 Å². The Morgan fingerprint density at radius 3 is 2.55 bits per heavy atom. The van der Waals surface area contributed by atoms with E-state index < -0.39 is 11.3 Å². The van der Waals surface area contributed by atoms with Gasteiger partial charge in [-0.3, -0.25) is 4.79 Å². The van der Waals surface area contributed by atoms with Crippen LogP contribution >= 0.6 is 0 Å². The highest BCUT2D eigenvalue weighted by Gasteiger charge is 2.56. The van der Waals surface area contributed by atoms with Gasteiger partial charge in [0.05, 0.1) is 23.9 Å². The van der Waals surface area contributed by atoms with E-state index in [1.165, 1.54) is 6.92 Å². The monoisotopic (exact) mass is 295 g/mol. The quantitative estimate of drug-likeness (QED) is 0.740. The van der Waals surface area contributed by atoms with Crippen molar-refractivity contribution in [2.75, 3.05) is 13.1 Å². The third kappa shape index (κ3) is 1.98. The molecule has 1 N–H and O–H groups in total. The first-order valence-corrected chi connectivity index (χ1v) is 7.23. The van der Waals surface area contributed by atoms with Gasteiger partial charge in [-0.1, -0.05) is 13.0 Å². The van der Waals surface area contributed by atoms with Crippen molar-refractivity contribution in [3.63, 3.8) is 0 Å². The maximum absolute atomic E-state index is 11.6. The SMILES string of the molecule is CC[C@@H]1[C@H]2CN(C(C)=O)CC=C2[C@@H](C#N)C(=N)C1(C#N)C#N. The Morgan fingerprint density at radius 2 is 2.09 bits per heavy atom. The Bertz CT molecular complexity index is 658. The molecule has 1 aliphatic carbocycles. The van der Waals surface area contributed by atoms with E-state index in [2.05, 4.69) is 6.07 Å². The normalized spacial score (nSPS) is 29.4. The van der Waals surface area contributed by atoms with Crippen molar-refractivity contribution in [2.45, 2.75) is 20.3 Å². The summed E-state index contributed by atoms with van der Waals surface area (Å²) in [6, 6.07) is 6.05. The van der Waals surface area contributed by atoms with Gasteiger partial charge in [0, 0.05) is 31.8 Å². The molecule has 0 aromatic carbocycles. The van der Waals surface area contributed by atoms with Gasteiger partial charge in [0.1, 0.15) is 5.92 Å². The molecule has 1 saturated carbocycles. The second-order valence-electron chi connectivity index (χ2n) is 5.76. The lowest BCUT2D eigenvalue weighted by Gasteiger charge is -2.47. The third-order valence-electron chi connectivity index (χ3n) is 4.85. The molecule has 1 amide bonds. The molecule has 0 bridgehead atoms. The van der Waals surface area contributed by atoms with Crippen LogP contribution in [0.2, 0.25) is 0 Å². The average molecular weight is 295 g/mol. The Labute approximate surface area is 129 Å². The van der Waals surface area contributed by atoms with Crippen molar-refractivity contribution < 1.29 is 4.79 Å². The molecule has 3 atom stereocenters. The average Bonchev–Trinajstić information content (AvgIpc) is 2.53. The molecule has 0 radical (unpaired) electrons. The van der Waals surface area contributed by atoms with E-state index >= 15 is 0 Å². The van der Waals surface area contributed by atoms with Crippen LogP contribution in [0.25, 0.3) is 0 Å². The lowest BCUT2D eigenvalue weighted by molar-refractivity contribution is -0.129. The molecule has 0 spiro atoms. The number of amides is 1. The zero-order valence-corrected chi connectivity index (χ0v) is 12.6. The Morgan fingerprint density at radius 1 is 1.45 bits per heavy atom. The summed E-state index contributed by atoms with van der Waals surface area (Å²) in [7, 11) is 0. The molecule has 112 valence electrons. The number of hydrogen-bond acceptors (Lipinski definition) is 5. The van der Waals surface area contributed by atoms with Crippen molar-refractivity contribution >= 4 is 11.6 Å². The fourth-order valence-corrected chi connectivity index (χ4v) is 3.67. The molecular formula is C16H17N5O. The van der Waals surface area contributed by atoms with Crippen molar-refractivity contribution in [3.8, 4) is 18.2 Å². The van der Waals surface area contributed by atoms with Crippen LogP contribution in [-0.2, 0) is 4.79 Å². The number of carbonyl (C=O) groups excluding carboxylic acids is 1. The third-order valence-corrected chi connectivity index (χ3v) is 4.85. The topological polar surface area (TPSA) is 116 Å². The molecule has 0 aromatic rings. The van der Waals surface area contributed by atoms with Gasteiger partial charge in [0.15, 0.2) is 5.41 Å². The minimum Gasteiger partial charge on any atom is -0.339 e. The fourth-order valence-electron chi connectivity index (χ4n) is 3.67. The number of carbonyl (C=O) groups is 1. The van der Waals surface area contributed by atoms with Crippen LogP contribution in [0, 0.1) is 62.6 Å². The summed E-state index contributed by atoms with van der Waals surface area (Å²) < 4.78 is 0. The van der Waals surface area contributed by atoms with Crippen LogP contribution in [-0.4, -0.2) is 29.6 Å². The number of nitriles is 3. The van der Waals surface area contributed by atoms with Gasteiger partial charge >= 0.3 is 0 Å². The first kappa shape index (κ1) is 15.7. The van der Waals surface area contributed by atoms with Crippen molar-refractivity contribution in [1.82, 2.24) is 4.90 Å². The first-order chi connectivity index (χ1) is 10.5. The van der Waals surface area contributed by atoms with Crippen molar-refractivity contribution in [2.24, 2.45) is 23.2 Å². The highest BCUT2D eigenvalue weighted by atomic mass is 16.2. The van der Waals surface area contributed by atoms with Crippen molar-refractivity contribution in [1.29, 1.82) is 21.2 Å². The van der Waals surface area contributed by atoms with Crippen LogP contribution in [0.4, 0.5) is 0 Å². The Kier molecular flexibility index (Phi) is 4.02. The highest BCUT2D eigenvalue weighted by molar-refractivity contribution is 6.00. The van der Waals surface area contributed by atoms with E-state index in [0.29, 0.717) is 19.5 Å². The van der Waals surface area contributed by atoms with Gasteiger partial charge in [-0.2, -0.15) is 15.8 Å².